The predicted octanol–water partition coefficient (Wildman–Crippen LogP) is 1.73. The average molecular weight is 610 g/mol. The number of ether oxygens (including phenoxy) is 1. The van der Waals surface area contributed by atoms with Crippen molar-refractivity contribution >= 4 is 43.1 Å². The zero-order valence-corrected chi connectivity index (χ0v) is 22.9. The second-order valence-corrected chi connectivity index (χ2v) is 15.0. The number of rotatable bonds is 6. The lowest BCUT2D eigenvalue weighted by atomic mass is 9.84. The number of benzene rings is 1. The quantitative estimate of drug-likeness (QED) is 0.385. The number of esters is 1. The van der Waals surface area contributed by atoms with Crippen molar-refractivity contribution in [1.29, 1.82) is 0 Å². The Morgan fingerprint density at radius 3 is 2.41 bits per heavy atom. The Labute approximate surface area is 227 Å². The van der Waals surface area contributed by atoms with Crippen LogP contribution in [0.3, 0.4) is 0 Å². The molecule has 2 atom stereocenters. The minimum absolute atomic E-state index is 0.0112. The Hall–Kier alpha value is -2.53. The molecule has 0 radical (unpaired) electrons. The topological polar surface area (TPSA) is 144 Å². The number of alkyl halides is 3. The molecule has 10 nitrogen and oxygen atoms in total. The number of hydrogen-bond acceptors (Lipinski definition) is 9. The van der Waals surface area contributed by atoms with Crippen LogP contribution in [-0.2, 0) is 36.0 Å². The van der Waals surface area contributed by atoms with Crippen molar-refractivity contribution in [2.24, 2.45) is 11.7 Å². The van der Waals surface area contributed by atoms with E-state index >= 15 is 0 Å². The molecular formula is C23H26F3N3O7S3. The Morgan fingerprint density at radius 1 is 1.10 bits per heavy atom. The van der Waals surface area contributed by atoms with Crippen LogP contribution in [-0.4, -0.2) is 81.8 Å². The SMILES string of the molecule is NCc1ccc(S(=O)(=O)N2C[C@@H](C(=O)N3CCS(=O)(=O)CC3)C[C@@H](c3cccc(OC(=O)C(F)(F)F)c3)C2)s1. The standard InChI is InChI=1S/C23H26F3N3O7S3/c24-23(25,26)22(31)36-18-3-1-2-15(11-18)16-10-17(21(30)28-6-8-38(32,33)9-7-28)14-29(13-16)39(34,35)20-5-4-19(12-27)37-20/h1-5,11,16-17H,6-10,12-14,27H2/t16-,17+/m1/s1. The molecular weight excluding hydrogens is 583 g/mol. The van der Waals surface area contributed by atoms with Crippen LogP contribution in [0.5, 0.6) is 5.75 Å². The summed E-state index contributed by atoms with van der Waals surface area (Å²) < 4.78 is 94.5. The molecule has 1 aromatic carbocycles. The molecule has 2 aliphatic heterocycles. The lowest BCUT2D eigenvalue weighted by molar-refractivity contribution is -0.189. The van der Waals surface area contributed by atoms with Crippen molar-refractivity contribution < 1.29 is 44.3 Å². The van der Waals surface area contributed by atoms with Gasteiger partial charge in [0, 0.05) is 37.6 Å². The summed E-state index contributed by atoms with van der Waals surface area (Å²) in [6, 6.07) is 8.33. The number of carbonyl (C=O) groups excluding carboxylic acids is 2. The van der Waals surface area contributed by atoms with Gasteiger partial charge in [-0.1, -0.05) is 12.1 Å². The molecule has 2 aliphatic rings. The zero-order chi connectivity index (χ0) is 28.6. The highest BCUT2D eigenvalue weighted by Gasteiger charge is 2.43. The fourth-order valence-electron chi connectivity index (χ4n) is 4.60. The maximum Gasteiger partial charge on any atom is 0.491 e. The van der Waals surface area contributed by atoms with E-state index in [1.165, 1.54) is 29.2 Å². The van der Waals surface area contributed by atoms with E-state index in [1.54, 1.807) is 12.1 Å². The summed E-state index contributed by atoms with van der Waals surface area (Å²) in [7, 11) is -7.32. The number of carbonyl (C=O) groups is 2. The minimum Gasteiger partial charge on any atom is -0.420 e. The van der Waals surface area contributed by atoms with Crippen LogP contribution in [0.25, 0.3) is 0 Å². The smallest absolute Gasteiger partial charge is 0.420 e. The summed E-state index contributed by atoms with van der Waals surface area (Å²) in [6.45, 7) is -0.108. The van der Waals surface area contributed by atoms with Crippen LogP contribution in [0.4, 0.5) is 13.2 Å². The third-order valence-corrected chi connectivity index (χ3v) is 11.6. The predicted molar refractivity (Wildman–Crippen MR) is 135 cm³/mol. The molecule has 1 amide bonds. The van der Waals surface area contributed by atoms with Crippen molar-refractivity contribution in [1.82, 2.24) is 9.21 Å². The number of nitrogens with two attached hydrogens (primary N) is 1. The molecule has 4 rings (SSSR count). The summed E-state index contributed by atoms with van der Waals surface area (Å²) in [6.07, 6.45) is -5.04. The van der Waals surface area contributed by atoms with Crippen molar-refractivity contribution in [3.8, 4) is 5.75 Å². The largest absolute Gasteiger partial charge is 0.491 e. The van der Waals surface area contributed by atoms with Crippen LogP contribution >= 0.6 is 11.3 Å². The second kappa shape index (κ2) is 11.2. The van der Waals surface area contributed by atoms with E-state index < -0.39 is 49.7 Å². The monoisotopic (exact) mass is 609 g/mol. The Bertz CT molecular complexity index is 1440. The summed E-state index contributed by atoms with van der Waals surface area (Å²) in [5.41, 5.74) is 6.01. The van der Waals surface area contributed by atoms with Crippen molar-refractivity contribution in [3.05, 3.63) is 46.8 Å². The Morgan fingerprint density at radius 2 is 1.79 bits per heavy atom. The molecule has 1 aromatic heterocycles. The number of thiophene rings is 1. The first-order valence-electron chi connectivity index (χ1n) is 11.9. The van der Waals surface area contributed by atoms with Gasteiger partial charge in [0.2, 0.25) is 5.91 Å². The maximum absolute atomic E-state index is 13.5. The molecule has 214 valence electrons. The van der Waals surface area contributed by atoms with Gasteiger partial charge in [0.15, 0.2) is 9.84 Å². The van der Waals surface area contributed by atoms with Gasteiger partial charge >= 0.3 is 12.1 Å². The van der Waals surface area contributed by atoms with Crippen LogP contribution in [0.2, 0.25) is 0 Å². The zero-order valence-electron chi connectivity index (χ0n) is 20.5. The van der Waals surface area contributed by atoms with Gasteiger partial charge in [-0.2, -0.15) is 17.5 Å². The summed E-state index contributed by atoms with van der Waals surface area (Å²) in [5, 5.41) is 0. The van der Waals surface area contributed by atoms with Crippen molar-refractivity contribution in [3.63, 3.8) is 0 Å². The normalized spacial score (nSPS) is 22.4. The first kappa shape index (κ1) is 29.5. The molecule has 0 saturated carbocycles. The molecule has 2 fully saturated rings. The Balaban J connectivity index is 1.64. The number of nitrogens with zero attached hydrogens (tertiary/aromatic N) is 2. The van der Waals surface area contributed by atoms with Crippen LogP contribution in [0.1, 0.15) is 22.8 Å². The van der Waals surface area contributed by atoms with E-state index in [0.717, 1.165) is 15.6 Å². The van der Waals surface area contributed by atoms with E-state index in [-0.39, 0.29) is 60.6 Å². The number of amides is 1. The number of halogens is 3. The minimum atomic E-state index is -5.20. The number of sulfonamides is 1. The highest BCUT2D eigenvalue weighted by atomic mass is 32.2. The van der Waals surface area contributed by atoms with Gasteiger partial charge in [0.1, 0.15) is 9.96 Å². The van der Waals surface area contributed by atoms with Gasteiger partial charge < -0.3 is 15.4 Å². The first-order chi connectivity index (χ1) is 18.2. The summed E-state index contributed by atoms with van der Waals surface area (Å²) in [4.78, 5) is 26.8. The van der Waals surface area contributed by atoms with Gasteiger partial charge in [-0.05, 0) is 42.2 Å². The molecule has 2 saturated heterocycles. The lowest BCUT2D eigenvalue weighted by Gasteiger charge is -2.39. The highest BCUT2D eigenvalue weighted by molar-refractivity contribution is 7.91. The number of hydrogen-bond donors (Lipinski definition) is 1. The molecule has 0 unspecified atom stereocenters. The molecule has 0 bridgehead atoms. The van der Waals surface area contributed by atoms with Crippen LogP contribution in [0, 0.1) is 5.92 Å². The average Bonchev–Trinajstić information content (AvgIpc) is 3.38. The fraction of sp³-hybridized carbons (Fsp3) is 0.478. The van der Waals surface area contributed by atoms with E-state index in [0.29, 0.717) is 10.4 Å². The third-order valence-electron chi connectivity index (χ3n) is 6.63. The third kappa shape index (κ3) is 6.80. The summed E-state index contributed by atoms with van der Waals surface area (Å²) >= 11 is 0.999. The molecule has 0 aliphatic carbocycles. The second-order valence-electron chi connectivity index (χ2n) is 9.31. The molecule has 16 heteroatoms. The van der Waals surface area contributed by atoms with Gasteiger partial charge in [-0.3, -0.25) is 4.79 Å². The maximum atomic E-state index is 13.5. The van der Waals surface area contributed by atoms with E-state index in [1.807, 2.05) is 0 Å². The van der Waals surface area contributed by atoms with Crippen LogP contribution in [0.15, 0.2) is 40.6 Å². The van der Waals surface area contributed by atoms with Gasteiger partial charge in [-0.15, -0.1) is 11.3 Å². The molecule has 2 aromatic rings. The van der Waals surface area contributed by atoms with Crippen LogP contribution < -0.4 is 10.5 Å². The molecule has 39 heavy (non-hydrogen) atoms. The number of piperidine rings is 1. The van der Waals surface area contributed by atoms with E-state index in [2.05, 4.69) is 4.74 Å². The molecule has 0 spiro atoms. The first-order valence-corrected chi connectivity index (χ1v) is 15.9. The van der Waals surface area contributed by atoms with E-state index in [9.17, 15) is 39.6 Å². The lowest BCUT2D eigenvalue weighted by Crippen LogP contribution is -2.51. The van der Waals surface area contributed by atoms with Crippen molar-refractivity contribution in [2.75, 3.05) is 37.7 Å². The molecule has 2 N–H and O–H groups in total. The van der Waals surface area contributed by atoms with Gasteiger partial charge in [0.05, 0.1) is 17.4 Å². The molecule has 3 heterocycles. The summed E-state index contributed by atoms with van der Waals surface area (Å²) in [5.74, 6) is -5.02. The van der Waals surface area contributed by atoms with Gasteiger partial charge in [0.25, 0.3) is 10.0 Å². The van der Waals surface area contributed by atoms with Crippen molar-refractivity contribution in [2.45, 2.75) is 29.3 Å². The van der Waals surface area contributed by atoms with Gasteiger partial charge in [-0.25, -0.2) is 21.6 Å². The fourth-order valence-corrected chi connectivity index (χ4v) is 8.72. The Kier molecular flexibility index (Phi) is 8.42. The highest BCUT2D eigenvalue weighted by Crippen LogP contribution is 2.37. The number of sulfone groups is 1. The van der Waals surface area contributed by atoms with E-state index in [4.69, 9.17) is 5.73 Å².